The third kappa shape index (κ3) is 1.39. The van der Waals surface area contributed by atoms with E-state index < -0.39 is 0 Å². The minimum Gasteiger partial charge on any atom is -0.469 e. The van der Waals surface area contributed by atoms with Gasteiger partial charge in [-0.1, -0.05) is 13.8 Å². The summed E-state index contributed by atoms with van der Waals surface area (Å²) in [6.07, 6.45) is 3.18. The van der Waals surface area contributed by atoms with Gasteiger partial charge in [0, 0.05) is 12.0 Å². The predicted molar refractivity (Wildman–Crippen MR) is 50.5 cm³/mol. The third-order valence-corrected chi connectivity index (χ3v) is 2.82. The second-order valence-corrected chi connectivity index (χ2v) is 4.82. The lowest BCUT2D eigenvalue weighted by Gasteiger charge is -2.32. The number of hydrogen-bond donors (Lipinski definition) is 1. The molecular weight excluding hydrogens is 164 g/mol. The maximum absolute atomic E-state index is 9.91. The second kappa shape index (κ2) is 2.61. The largest absolute Gasteiger partial charge is 0.469 e. The Hall–Kier alpha value is -0.760. The summed E-state index contributed by atoms with van der Waals surface area (Å²) < 4.78 is 5.43. The van der Waals surface area contributed by atoms with Gasteiger partial charge in [-0.15, -0.1) is 0 Å². The smallest absolute Gasteiger partial charge is 0.110 e. The Morgan fingerprint density at radius 1 is 1.54 bits per heavy atom. The summed E-state index contributed by atoms with van der Waals surface area (Å²) in [5, 5.41) is 9.91. The lowest BCUT2D eigenvalue weighted by atomic mass is 9.75. The molecule has 0 saturated heterocycles. The van der Waals surface area contributed by atoms with E-state index in [0.717, 1.165) is 29.7 Å². The van der Waals surface area contributed by atoms with Gasteiger partial charge in [0.2, 0.25) is 0 Å². The lowest BCUT2D eigenvalue weighted by molar-refractivity contribution is 0.0929. The summed E-state index contributed by atoms with van der Waals surface area (Å²) in [5.41, 5.74) is 2.27. The van der Waals surface area contributed by atoms with Crippen LogP contribution in [0.15, 0.2) is 10.7 Å². The molecule has 0 aliphatic heterocycles. The molecule has 0 aromatic carbocycles. The standard InChI is InChI=1S/C11H16O2/c1-7-6-13-9-5-11(2,3)4-8(12)10(7)9/h6,8,12H,4-5H2,1-3H3. The Morgan fingerprint density at radius 2 is 2.23 bits per heavy atom. The minimum absolute atomic E-state index is 0.163. The number of hydrogen-bond acceptors (Lipinski definition) is 2. The fourth-order valence-corrected chi connectivity index (χ4v) is 2.22. The zero-order chi connectivity index (χ0) is 9.64. The molecule has 1 aliphatic rings. The molecule has 1 N–H and O–H groups in total. The molecule has 72 valence electrons. The molecule has 2 rings (SSSR count). The van der Waals surface area contributed by atoms with Gasteiger partial charge in [-0.3, -0.25) is 0 Å². The van der Waals surface area contributed by atoms with Crippen molar-refractivity contribution in [3.63, 3.8) is 0 Å². The summed E-state index contributed by atoms with van der Waals surface area (Å²) in [5.74, 6) is 0.973. The quantitative estimate of drug-likeness (QED) is 0.665. The average molecular weight is 180 g/mol. The normalized spacial score (nSPS) is 25.7. The van der Waals surface area contributed by atoms with Crippen molar-refractivity contribution in [1.29, 1.82) is 0 Å². The van der Waals surface area contributed by atoms with Crippen LogP contribution in [0.25, 0.3) is 0 Å². The van der Waals surface area contributed by atoms with Crippen molar-refractivity contribution in [3.8, 4) is 0 Å². The van der Waals surface area contributed by atoms with Crippen molar-refractivity contribution in [3.05, 3.63) is 23.2 Å². The van der Waals surface area contributed by atoms with Crippen molar-refractivity contribution < 1.29 is 9.52 Å². The second-order valence-electron chi connectivity index (χ2n) is 4.82. The van der Waals surface area contributed by atoms with Gasteiger partial charge in [-0.25, -0.2) is 0 Å². The SMILES string of the molecule is Cc1coc2c1C(O)CC(C)(C)C2. The minimum atomic E-state index is -0.336. The molecular formula is C11H16O2. The number of furan rings is 1. The molecule has 2 heteroatoms. The van der Waals surface area contributed by atoms with E-state index in [-0.39, 0.29) is 11.5 Å². The Morgan fingerprint density at radius 3 is 2.92 bits per heavy atom. The highest BCUT2D eigenvalue weighted by atomic mass is 16.3. The third-order valence-electron chi connectivity index (χ3n) is 2.82. The first kappa shape index (κ1) is 8.82. The van der Waals surface area contributed by atoms with Crippen LogP contribution in [0.3, 0.4) is 0 Å². The molecule has 0 saturated carbocycles. The molecule has 13 heavy (non-hydrogen) atoms. The van der Waals surface area contributed by atoms with E-state index in [9.17, 15) is 5.11 Å². The molecule has 1 unspecified atom stereocenters. The van der Waals surface area contributed by atoms with E-state index in [1.807, 2.05) is 6.92 Å². The van der Waals surface area contributed by atoms with Crippen LogP contribution in [-0.4, -0.2) is 5.11 Å². The van der Waals surface area contributed by atoms with Crippen LogP contribution in [0.5, 0.6) is 0 Å². The fraction of sp³-hybridized carbons (Fsp3) is 0.636. The number of aryl methyl sites for hydroxylation is 1. The van der Waals surface area contributed by atoms with Gasteiger partial charge in [0.05, 0.1) is 12.4 Å². The number of fused-ring (bicyclic) bond motifs is 1. The fourth-order valence-electron chi connectivity index (χ4n) is 2.22. The number of aliphatic hydroxyl groups excluding tert-OH is 1. The summed E-state index contributed by atoms with van der Waals surface area (Å²) in [4.78, 5) is 0. The van der Waals surface area contributed by atoms with Gasteiger partial charge < -0.3 is 9.52 Å². The Balaban J connectivity index is 2.44. The van der Waals surface area contributed by atoms with Crippen molar-refractivity contribution in [2.75, 3.05) is 0 Å². The van der Waals surface area contributed by atoms with Crippen molar-refractivity contribution in [1.82, 2.24) is 0 Å². The van der Waals surface area contributed by atoms with E-state index in [1.54, 1.807) is 6.26 Å². The highest BCUT2D eigenvalue weighted by Gasteiger charge is 2.34. The summed E-state index contributed by atoms with van der Waals surface area (Å²) in [7, 11) is 0. The first-order valence-electron chi connectivity index (χ1n) is 4.74. The van der Waals surface area contributed by atoms with Gasteiger partial charge in [-0.05, 0) is 24.3 Å². The Bertz CT molecular complexity index is 323. The van der Waals surface area contributed by atoms with Gasteiger partial charge >= 0.3 is 0 Å². The number of rotatable bonds is 0. The van der Waals surface area contributed by atoms with Crippen molar-refractivity contribution >= 4 is 0 Å². The highest BCUT2D eigenvalue weighted by molar-refractivity contribution is 5.32. The first-order valence-corrected chi connectivity index (χ1v) is 4.74. The molecule has 0 bridgehead atoms. The molecule has 2 nitrogen and oxygen atoms in total. The predicted octanol–water partition coefficient (Wildman–Crippen LogP) is 2.59. The van der Waals surface area contributed by atoms with Crippen molar-refractivity contribution in [2.45, 2.75) is 39.7 Å². The van der Waals surface area contributed by atoms with Crippen LogP contribution in [0.1, 0.15) is 43.3 Å². The highest BCUT2D eigenvalue weighted by Crippen LogP contribution is 2.42. The molecule has 1 atom stereocenters. The molecule has 0 amide bonds. The van der Waals surface area contributed by atoms with Gasteiger partial charge in [0.1, 0.15) is 5.76 Å². The lowest BCUT2D eigenvalue weighted by Crippen LogP contribution is -2.24. The van der Waals surface area contributed by atoms with E-state index in [2.05, 4.69) is 13.8 Å². The van der Waals surface area contributed by atoms with E-state index in [1.165, 1.54) is 0 Å². The number of aliphatic hydroxyl groups is 1. The summed E-state index contributed by atoms with van der Waals surface area (Å²) in [6.45, 7) is 6.32. The zero-order valence-corrected chi connectivity index (χ0v) is 8.42. The van der Waals surface area contributed by atoms with Crippen molar-refractivity contribution in [2.24, 2.45) is 5.41 Å². The Kier molecular flexibility index (Phi) is 1.77. The van der Waals surface area contributed by atoms with Crippen LogP contribution < -0.4 is 0 Å². The molecule has 1 aliphatic carbocycles. The maximum Gasteiger partial charge on any atom is 0.110 e. The van der Waals surface area contributed by atoms with Crippen LogP contribution in [-0.2, 0) is 6.42 Å². The van der Waals surface area contributed by atoms with Gasteiger partial charge in [0.25, 0.3) is 0 Å². The summed E-state index contributed by atoms with van der Waals surface area (Å²) in [6, 6.07) is 0. The van der Waals surface area contributed by atoms with E-state index in [0.29, 0.717) is 0 Å². The average Bonchev–Trinajstić information content (AvgIpc) is 2.28. The summed E-state index contributed by atoms with van der Waals surface area (Å²) >= 11 is 0. The van der Waals surface area contributed by atoms with Crippen LogP contribution >= 0.6 is 0 Å². The first-order chi connectivity index (χ1) is 5.99. The van der Waals surface area contributed by atoms with Crippen LogP contribution in [0, 0.1) is 12.3 Å². The molecule has 0 radical (unpaired) electrons. The zero-order valence-electron chi connectivity index (χ0n) is 8.42. The molecule has 1 heterocycles. The maximum atomic E-state index is 9.91. The van der Waals surface area contributed by atoms with Gasteiger partial charge in [0.15, 0.2) is 0 Å². The van der Waals surface area contributed by atoms with E-state index >= 15 is 0 Å². The molecule has 1 aromatic rings. The topological polar surface area (TPSA) is 33.4 Å². The molecule has 0 fully saturated rings. The van der Waals surface area contributed by atoms with Crippen LogP contribution in [0.4, 0.5) is 0 Å². The monoisotopic (exact) mass is 180 g/mol. The van der Waals surface area contributed by atoms with Gasteiger partial charge in [-0.2, -0.15) is 0 Å². The molecule has 1 aromatic heterocycles. The molecule has 0 spiro atoms. The van der Waals surface area contributed by atoms with E-state index in [4.69, 9.17) is 4.42 Å². The Labute approximate surface area is 78.6 Å². The van der Waals surface area contributed by atoms with Crippen LogP contribution in [0.2, 0.25) is 0 Å².